The zero-order valence-corrected chi connectivity index (χ0v) is 8.96. The van der Waals surface area contributed by atoms with E-state index < -0.39 is 0 Å². The van der Waals surface area contributed by atoms with Gasteiger partial charge in [-0.15, -0.1) is 0 Å². The maximum absolute atomic E-state index is 5.45. The van der Waals surface area contributed by atoms with Crippen molar-refractivity contribution in [2.24, 2.45) is 0 Å². The third-order valence-corrected chi connectivity index (χ3v) is 3.32. The highest BCUT2D eigenvalue weighted by molar-refractivity contribution is 5.30. The van der Waals surface area contributed by atoms with Crippen LogP contribution in [0.2, 0.25) is 0 Å². The average molecular weight is 195 g/mol. The first-order chi connectivity index (χ1) is 6.68. The van der Waals surface area contributed by atoms with Crippen molar-refractivity contribution in [3.8, 4) is 0 Å². The molecule has 78 valence electrons. The maximum atomic E-state index is 5.45. The lowest BCUT2D eigenvalue weighted by Gasteiger charge is -2.38. The molecule has 1 aromatic rings. The van der Waals surface area contributed by atoms with Gasteiger partial charge in [0.25, 0.3) is 0 Å². The molecule has 1 aliphatic heterocycles. The van der Waals surface area contributed by atoms with E-state index in [0.29, 0.717) is 0 Å². The molecule has 1 aliphatic rings. The van der Waals surface area contributed by atoms with Crippen molar-refractivity contribution in [2.45, 2.75) is 31.9 Å². The molecule has 0 amide bonds. The molecule has 3 nitrogen and oxygen atoms in total. The Kier molecular flexibility index (Phi) is 2.37. The molecular weight excluding hydrogens is 178 g/mol. The van der Waals surface area contributed by atoms with Gasteiger partial charge in [-0.2, -0.15) is 0 Å². The first-order valence-electron chi connectivity index (χ1n) is 5.03. The van der Waals surface area contributed by atoms with Crippen LogP contribution < -0.4 is 5.32 Å². The first kappa shape index (κ1) is 9.74. The number of hydrogen-bond donors (Lipinski definition) is 1. The lowest BCUT2D eigenvalue weighted by atomic mass is 9.84. The van der Waals surface area contributed by atoms with Crippen LogP contribution in [-0.2, 0) is 16.7 Å². The van der Waals surface area contributed by atoms with Gasteiger partial charge in [0.15, 0.2) is 0 Å². The van der Waals surface area contributed by atoms with Gasteiger partial charge in [-0.25, -0.2) is 0 Å². The number of nitrogens with one attached hydrogen (secondary N) is 1. The van der Waals surface area contributed by atoms with Gasteiger partial charge in [-0.3, -0.25) is 0 Å². The Balaban J connectivity index is 2.39. The van der Waals surface area contributed by atoms with Gasteiger partial charge in [-0.1, -0.05) is 0 Å². The van der Waals surface area contributed by atoms with E-state index in [1.807, 2.05) is 6.07 Å². The lowest BCUT2D eigenvalue weighted by molar-refractivity contribution is 0.0320. The smallest absolute Gasteiger partial charge is 0.110 e. The summed E-state index contributed by atoms with van der Waals surface area (Å²) in [6, 6.07) is 2.04. The summed E-state index contributed by atoms with van der Waals surface area (Å²) in [7, 11) is 1.74. The van der Waals surface area contributed by atoms with E-state index in [1.165, 1.54) is 5.56 Å². The molecule has 14 heavy (non-hydrogen) atoms. The monoisotopic (exact) mass is 195 g/mol. The van der Waals surface area contributed by atoms with Gasteiger partial charge >= 0.3 is 0 Å². The molecule has 3 heteroatoms. The molecule has 1 N–H and O–H groups in total. The van der Waals surface area contributed by atoms with Gasteiger partial charge in [0.2, 0.25) is 0 Å². The number of furan rings is 1. The number of hydrogen-bond acceptors (Lipinski definition) is 3. The summed E-state index contributed by atoms with van der Waals surface area (Å²) in [4.78, 5) is 0. The Morgan fingerprint density at radius 3 is 3.14 bits per heavy atom. The van der Waals surface area contributed by atoms with Crippen LogP contribution >= 0.6 is 0 Å². The normalized spacial score (nSPS) is 28.5. The predicted molar refractivity (Wildman–Crippen MR) is 54.2 cm³/mol. The number of ether oxygens (including phenoxy) is 1. The summed E-state index contributed by atoms with van der Waals surface area (Å²) in [6.07, 6.45) is 2.87. The van der Waals surface area contributed by atoms with E-state index in [0.717, 1.165) is 18.7 Å². The highest BCUT2D eigenvalue weighted by atomic mass is 16.5. The fraction of sp³-hybridized carbons (Fsp3) is 0.636. The van der Waals surface area contributed by atoms with E-state index in [2.05, 4.69) is 19.2 Å². The van der Waals surface area contributed by atoms with Crippen molar-refractivity contribution in [1.82, 2.24) is 5.32 Å². The van der Waals surface area contributed by atoms with Gasteiger partial charge in [0.1, 0.15) is 5.76 Å². The molecule has 0 aliphatic carbocycles. The number of methoxy groups -OCH3 is 1. The summed E-state index contributed by atoms with van der Waals surface area (Å²) >= 11 is 0. The second kappa shape index (κ2) is 3.41. The van der Waals surface area contributed by atoms with Crippen molar-refractivity contribution >= 4 is 0 Å². The minimum Gasteiger partial charge on any atom is -0.469 e. The van der Waals surface area contributed by atoms with Crippen molar-refractivity contribution < 1.29 is 9.15 Å². The largest absolute Gasteiger partial charge is 0.469 e. The third-order valence-electron chi connectivity index (χ3n) is 3.32. The summed E-state index contributed by atoms with van der Waals surface area (Å²) in [5.74, 6) is 1.09. The topological polar surface area (TPSA) is 34.4 Å². The summed E-state index contributed by atoms with van der Waals surface area (Å²) in [5.41, 5.74) is 1.12. The van der Waals surface area contributed by atoms with E-state index in [4.69, 9.17) is 9.15 Å². The summed E-state index contributed by atoms with van der Waals surface area (Å²) in [6.45, 7) is 5.19. The molecule has 2 unspecified atom stereocenters. The van der Waals surface area contributed by atoms with E-state index in [9.17, 15) is 0 Å². The molecule has 0 saturated carbocycles. The molecule has 0 fully saturated rings. The van der Waals surface area contributed by atoms with Gasteiger partial charge in [-0.05, 0) is 19.9 Å². The van der Waals surface area contributed by atoms with Crippen LogP contribution in [0.3, 0.4) is 0 Å². The Labute approximate surface area is 84.4 Å². The number of fused-ring (bicyclic) bond motifs is 1. The van der Waals surface area contributed by atoms with Crippen molar-refractivity contribution in [3.63, 3.8) is 0 Å². The van der Waals surface area contributed by atoms with Gasteiger partial charge in [0.05, 0.1) is 17.9 Å². The Morgan fingerprint density at radius 2 is 2.43 bits per heavy atom. The van der Waals surface area contributed by atoms with Gasteiger partial charge in [0, 0.05) is 25.6 Å². The number of rotatable bonds is 2. The van der Waals surface area contributed by atoms with Crippen molar-refractivity contribution in [3.05, 3.63) is 23.7 Å². The quantitative estimate of drug-likeness (QED) is 0.779. The van der Waals surface area contributed by atoms with Crippen molar-refractivity contribution in [2.75, 3.05) is 13.7 Å². The standard InChI is InChI=1S/C11H17NO2/c1-8(13-3)11(2)9-5-7-14-10(9)4-6-12-11/h5,7-8,12H,4,6H2,1-3H3. The molecular formula is C11H17NO2. The lowest BCUT2D eigenvalue weighted by Crippen LogP contribution is -2.52. The third kappa shape index (κ3) is 1.28. The predicted octanol–water partition coefficient (Wildman–Crippen LogP) is 1.68. The summed E-state index contributed by atoms with van der Waals surface area (Å²) in [5, 5.41) is 3.50. The molecule has 0 bridgehead atoms. The minimum absolute atomic E-state index is 0.116. The fourth-order valence-corrected chi connectivity index (χ4v) is 2.13. The van der Waals surface area contributed by atoms with Crippen LogP contribution in [-0.4, -0.2) is 19.8 Å². The maximum Gasteiger partial charge on any atom is 0.110 e. The van der Waals surface area contributed by atoms with Crippen LogP contribution in [0.1, 0.15) is 25.2 Å². The first-order valence-corrected chi connectivity index (χ1v) is 5.03. The molecule has 0 spiro atoms. The second-order valence-corrected chi connectivity index (χ2v) is 4.01. The Morgan fingerprint density at radius 1 is 1.64 bits per heavy atom. The fourth-order valence-electron chi connectivity index (χ4n) is 2.13. The molecule has 0 aromatic carbocycles. The molecule has 1 aromatic heterocycles. The zero-order valence-electron chi connectivity index (χ0n) is 8.96. The minimum atomic E-state index is -0.116. The molecule has 0 radical (unpaired) electrons. The van der Waals surface area contributed by atoms with E-state index >= 15 is 0 Å². The van der Waals surface area contributed by atoms with E-state index in [-0.39, 0.29) is 11.6 Å². The highest BCUT2D eigenvalue weighted by Crippen LogP contribution is 2.33. The van der Waals surface area contributed by atoms with Crippen LogP contribution in [0.15, 0.2) is 16.7 Å². The van der Waals surface area contributed by atoms with Crippen LogP contribution in [0, 0.1) is 0 Å². The Bertz CT molecular complexity index is 321. The molecule has 2 rings (SSSR count). The van der Waals surface area contributed by atoms with Crippen LogP contribution in [0.5, 0.6) is 0 Å². The van der Waals surface area contributed by atoms with Crippen molar-refractivity contribution in [1.29, 1.82) is 0 Å². The van der Waals surface area contributed by atoms with E-state index in [1.54, 1.807) is 13.4 Å². The SMILES string of the molecule is COC(C)C1(C)NCCc2occc21. The Hall–Kier alpha value is -0.800. The molecule has 2 heterocycles. The molecule has 0 saturated heterocycles. The highest BCUT2D eigenvalue weighted by Gasteiger charge is 2.38. The zero-order chi connectivity index (χ0) is 10.2. The molecule has 2 atom stereocenters. The second-order valence-electron chi connectivity index (χ2n) is 4.01. The summed E-state index contributed by atoms with van der Waals surface area (Å²) < 4.78 is 10.9. The van der Waals surface area contributed by atoms with Gasteiger partial charge < -0.3 is 14.5 Å². The van der Waals surface area contributed by atoms with Crippen LogP contribution in [0.4, 0.5) is 0 Å². The van der Waals surface area contributed by atoms with Crippen LogP contribution in [0.25, 0.3) is 0 Å². The average Bonchev–Trinajstić information content (AvgIpc) is 2.66.